The van der Waals surface area contributed by atoms with Crippen molar-refractivity contribution in [2.24, 2.45) is 0 Å². The van der Waals surface area contributed by atoms with Gasteiger partial charge < -0.3 is 19.7 Å². The fourth-order valence-electron chi connectivity index (χ4n) is 6.19. The van der Waals surface area contributed by atoms with Crippen LogP contribution >= 0.6 is 39.3 Å². The highest BCUT2D eigenvalue weighted by molar-refractivity contribution is 9.10. The molecule has 4 aromatic rings. The first-order valence-corrected chi connectivity index (χ1v) is 16.2. The molecule has 1 N–H and O–H groups in total. The van der Waals surface area contributed by atoms with Crippen molar-refractivity contribution in [2.45, 2.75) is 42.5 Å². The molecule has 2 fully saturated rings. The number of nitrogens with zero attached hydrogens (tertiary/aromatic N) is 3. The Morgan fingerprint density at radius 3 is 2.35 bits per heavy atom. The lowest BCUT2D eigenvalue weighted by atomic mass is 9.90. The number of aromatic nitrogens is 1. The molecule has 2 aliphatic rings. The summed E-state index contributed by atoms with van der Waals surface area (Å²) in [6.45, 7) is 5.73. The predicted molar refractivity (Wildman–Crippen MR) is 174 cm³/mol. The summed E-state index contributed by atoms with van der Waals surface area (Å²) in [5.74, 6) is -0.157. The van der Waals surface area contributed by atoms with Gasteiger partial charge in [0.1, 0.15) is 4.75 Å². The van der Waals surface area contributed by atoms with Crippen LogP contribution in [0.15, 0.2) is 82.3 Å². The molecule has 2 aliphatic heterocycles. The molecule has 0 aliphatic carbocycles. The molecule has 3 heterocycles. The van der Waals surface area contributed by atoms with Gasteiger partial charge in [-0.1, -0.05) is 63.4 Å². The number of carbonyl (C=O) groups excluding carboxylic acids is 3. The van der Waals surface area contributed by atoms with E-state index < -0.39 is 10.8 Å². The van der Waals surface area contributed by atoms with Crippen LogP contribution in [0.2, 0.25) is 5.02 Å². The normalized spacial score (nSPS) is 20.7. The van der Waals surface area contributed by atoms with E-state index in [2.05, 4.69) is 20.9 Å². The first-order valence-electron chi connectivity index (χ1n) is 14.3. The van der Waals surface area contributed by atoms with Crippen molar-refractivity contribution in [1.82, 2.24) is 19.7 Å². The number of aromatic amines is 1. The molecule has 2 atom stereocenters. The van der Waals surface area contributed by atoms with E-state index in [0.29, 0.717) is 37.7 Å². The van der Waals surface area contributed by atoms with E-state index in [4.69, 9.17) is 11.6 Å². The summed E-state index contributed by atoms with van der Waals surface area (Å²) >= 11 is 11.3. The van der Waals surface area contributed by atoms with Crippen LogP contribution in [-0.4, -0.2) is 68.3 Å². The SMILES string of the molecule is CC(=O)N1CCN(C(=O)C2(Sc3ccc(C)cc3)CC(=O)N(Cc3ccc(Br)cc3)C2c2c[nH]c3cc(Cl)ccc23)CC1. The Labute approximate surface area is 268 Å². The number of H-pyrrole nitrogens is 1. The Balaban J connectivity index is 1.50. The molecular formula is C33H32BrClN4O3S. The summed E-state index contributed by atoms with van der Waals surface area (Å²) in [4.78, 5) is 50.9. The highest BCUT2D eigenvalue weighted by atomic mass is 79.9. The molecule has 10 heteroatoms. The quantitative estimate of drug-likeness (QED) is 0.250. The van der Waals surface area contributed by atoms with Crippen molar-refractivity contribution in [3.05, 3.63) is 99.1 Å². The van der Waals surface area contributed by atoms with E-state index >= 15 is 0 Å². The van der Waals surface area contributed by atoms with E-state index in [1.807, 2.05) is 89.7 Å². The van der Waals surface area contributed by atoms with Gasteiger partial charge in [-0.25, -0.2) is 0 Å². The maximum absolute atomic E-state index is 14.9. The Kier molecular flexibility index (Phi) is 8.33. The van der Waals surface area contributed by atoms with Crippen LogP contribution in [0.25, 0.3) is 10.9 Å². The van der Waals surface area contributed by atoms with Crippen molar-refractivity contribution in [1.29, 1.82) is 0 Å². The fraction of sp³-hybridized carbons (Fsp3) is 0.303. The first-order chi connectivity index (χ1) is 20.6. The van der Waals surface area contributed by atoms with Gasteiger partial charge in [0, 0.05) is 76.7 Å². The number of thioether (sulfide) groups is 1. The number of carbonyl (C=O) groups is 3. The lowest BCUT2D eigenvalue weighted by Gasteiger charge is -2.42. The summed E-state index contributed by atoms with van der Waals surface area (Å²) in [7, 11) is 0. The van der Waals surface area contributed by atoms with Gasteiger partial charge >= 0.3 is 0 Å². The minimum absolute atomic E-state index is 0.00268. The molecule has 7 nitrogen and oxygen atoms in total. The largest absolute Gasteiger partial charge is 0.361 e. The number of hydrogen-bond acceptors (Lipinski definition) is 4. The van der Waals surface area contributed by atoms with Crippen molar-refractivity contribution in [2.75, 3.05) is 26.2 Å². The number of halogens is 2. The molecule has 6 rings (SSSR count). The van der Waals surface area contributed by atoms with Gasteiger partial charge in [0.25, 0.3) is 0 Å². The molecule has 222 valence electrons. The highest BCUT2D eigenvalue weighted by Crippen LogP contribution is 2.55. The van der Waals surface area contributed by atoms with Crippen LogP contribution in [0.1, 0.15) is 36.1 Å². The lowest BCUT2D eigenvalue weighted by molar-refractivity contribution is -0.140. The van der Waals surface area contributed by atoms with Gasteiger partial charge in [-0.3, -0.25) is 14.4 Å². The number of nitrogens with one attached hydrogen (secondary N) is 1. The van der Waals surface area contributed by atoms with Crippen LogP contribution < -0.4 is 0 Å². The second kappa shape index (κ2) is 12.0. The molecule has 2 saturated heterocycles. The monoisotopic (exact) mass is 678 g/mol. The maximum Gasteiger partial charge on any atom is 0.242 e. The van der Waals surface area contributed by atoms with Crippen LogP contribution in [0.5, 0.6) is 0 Å². The number of aryl methyl sites for hydroxylation is 1. The third-order valence-electron chi connectivity index (χ3n) is 8.42. The van der Waals surface area contributed by atoms with Crippen LogP contribution in [-0.2, 0) is 20.9 Å². The molecule has 2 unspecified atom stereocenters. The van der Waals surface area contributed by atoms with Gasteiger partial charge in [0.05, 0.1) is 12.5 Å². The number of piperazine rings is 1. The first kappa shape index (κ1) is 29.8. The second-order valence-electron chi connectivity index (χ2n) is 11.3. The highest BCUT2D eigenvalue weighted by Gasteiger charge is 2.59. The van der Waals surface area contributed by atoms with Crippen molar-refractivity contribution < 1.29 is 14.4 Å². The average Bonchev–Trinajstić information content (AvgIpc) is 3.52. The summed E-state index contributed by atoms with van der Waals surface area (Å²) in [6.07, 6.45) is 1.98. The average molecular weight is 680 g/mol. The number of amides is 3. The van der Waals surface area contributed by atoms with Crippen LogP contribution in [0, 0.1) is 6.92 Å². The number of likely N-dealkylation sites (tertiary alicyclic amines) is 1. The van der Waals surface area contributed by atoms with E-state index in [1.54, 1.807) is 11.8 Å². The van der Waals surface area contributed by atoms with E-state index in [0.717, 1.165) is 37.0 Å². The van der Waals surface area contributed by atoms with Gasteiger partial charge in [0.2, 0.25) is 17.7 Å². The summed E-state index contributed by atoms with van der Waals surface area (Å²) in [6, 6.07) is 21.1. The van der Waals surface area contributed by atoms with Gasteiger partial charge in [-0.2, -0.15) is 0 Å². The Morgan fingerprint density at radius 2 is 1.67 bits per heavy atom. The third-order valence-corrected chi connectivity index (χ3v) is 10.6. The molecule has 43 heavy (non-hydrogen) atoms. The smallest absolute Gasteiger partial charge is 0.242 e. The van der Waals surface area contributed by atoms with Crippen LogP contribution in [0.4, 0.5) is 0 Å². The predicted octanol–water partition coefficient (Wildman–Crippen LogP) is 6.59. The summed E-state index contributed by atoms with van der Waals surface area (Å²) in [5.41, 5.74) is 3.82. The van der Waals surface area contributed by atoms with Crippen molar-refractivity contribution in [3.8, 4) is 0 Å². The number of rotatable bonds is 6. The second-order valence-corrected chi connectivity index (χ2v) is 14.0. The Bertz CT molecular complexity index is 1680. The number of hydrogen-bond donors (Lipinski definition) is 1. The Hall–Kier alpha value is -3.27. The van der Waals surface area contributed by atoms with E-state index in [-0.39, 0.29) is 24.1 Å². The molecule has 3 aromatic carbocycles. The zero-order chi connectivity index (χ0) is 30.3. The zero-order valence-corrected chi connectivity index (χ0v) is 27.1. The summed E-state index contributed by atoms with van der Waals surface area (Å²) < 4.78 is -0.187. The van der Waals surface area contributed by atoms with Gasteiger partial charge in [0.15, 0.2) is 0 Å². The topological polar surface area (TPSA) is 76.7 Å². The molecule has 3 amide bonds. The maximum atomic E-state index is 14.9. The minimum Gasteiger partial charge on any atom is -0.361 e. The molecule has 0 saturated carbocycles. The fourth-order valence-corrected chi connectivity index (χ4v) is 8.09. The number of benzene rings is 3. The summed E-state index contributed by atoms with van der Waals surface area (Å²) in [5, 5.41) is 1.53. The Morgan fingerprint density at radius 1 is 1.00 bits per heavy atom. The lowest BCUT2D eigenvalue weighted by Crippen LogP contribution is -2.56. The molecule has 0 spiro atoms. The molecule has 0 radical (unpaired) electrons. The zero-order valence-electron chi connectivity index (χ0n) is 24.0. The minimum atomic E-state index is -1.14. The third kappa shape index (κ3) is 5.82. The van der Waals surface area contributed by atoms with E-state index in [1.165, 1.54) is 11.8 Å². The van der Waals surface area contributed by atoms with Gasteiger partial charge in [-0.05, 0) is 48.9 Å². The van der Waals surface area contributed by atoms with Crippen LogP contribution in [0.3, 0.4) is 0 Å². The molecular weight excluding hydrogens is 648 g/mol. The standard InChI is InChI=1S/C33H32BrClN4O3S/c1-21-3-10-26(11-4-21)43-33(32(42)38-15-13-37(14-16-38)22(2)40)18-30(41)39(20-23-5-7-24(34)8-6-23)31(33)28-19-36-29-17-25(35)9-12-27(28)29/h3-12,17,19,31,36H,13-16,18,20H2,1-2H3. The molecule has 1 aromatic heterocycles. The molecule has 0 bridgehead atoms. The van der Waals surface area contributed by atoms with Crippen molar-refractivity contribution in [3.63, 3.8) is 0 Å². The van der Waals surface area contributed by atoms with Crippen molar-refractivity contribution >= 4 is 67.9 Å². The number of fused-ring (bicyclic) bond motifs is 1. The van der Waals surface area contributed by atoms with Gasteiger partial charge in [-0.15, -0.1) is 11.8 Å². The van der Waals surface area contributed by atoms with E-state index in [9.17, 15) is 14.4 Å².